The molecule has 1 aromatic rings. The summed E-state index contributed by atoms with van der Waals surface area (Å²) in [6.45, 7) is 5.03. The Kier molecular flexibility index (Phi) is 5.06. The molecule has 0 saturated heterocycles. The first-order valence-electron chi connectivity index (χ1n) is 8.75. The number of ether oxygens (including phenoxy) is 1. The van der Waals surface area contributed by atoms with Gasteiger partial charge in [-0.05, 0) is 43.9 Å². The van der Waals surface area contributed by atoms with Gasteiger partial charge in [0, 0.05) is 24.7 Å². The Balaban J connectivity index is 1.94. The monoisotopic (exact) mass is 367 g/mol. The van der Waals surface area contributed by atoms with Crippen LogP contribution in [0.25, 0.3) is 0 Å². The molecule has 0 fully saturated rings. The average molecular weight is 367 g/mol. The van der Waals surface area contributed by atoms with Crippen molar-refractivity contribution in [3.05, 3.63) is 46.1 Å². The van der Waals surface area contributed by atoms with E-state index in [4.69, 9.17) is 4.74 Å². The van der Waals surface area contributed by atoms with Crippen molar-refractivity contribution in [2.24, 2.45) is 0 Å². The summed E-state index contributed by atoms with van der Waals surface area (Å²) in [7, 11) is 1.54. The number of aromatic hydroxyl groups is 1. The highest BCUT2D eigenvalue weighted by atomic mass is 19.4. The number of phenols is 1. The molecule has 26 heavy (non-hydrogen) atoms. The molecule has 0 bridgehead atoms. The van der Waals surface area contributed by atoms with E-state index in [9.17, 15) is 18.3 Å². The number of methoxy groups -OCH3 is 1. The number of hydrogen-bond acceptors (Lipinski definition) is 3. The van der Waals surface area contributed by atoms with Gasteiger partial charge in [-0.2, -0.15) is 13.2 Å². The molecule has 0 radical (unpaired) electrons. The van der Waals surface area contributed by atoms with E-state index in [0.717, 1.165) is 35.2 Å². The van der Waals surface area contributed by atoms with Crippen LogP contribution in [0.5, 0.6) is 11.5 Å². The zero-order chi connectivity index (χ0) is 19.1. The Morgan fingerprint density at radius 1 is 1.38 bits per heavy atom. The average Bonchev–Trinajstić information content (AvgIpc) is 2.54. The van der Waals surface area contributed by atoms with Crippen LogP contribution in [-0.2, 0) is 13.0 Å². The van der Waals surface area contributed by atoms with Crippen molar-refractivity contribution in [1.29, 1.82) is 0 Å². The summed E-state index contributed by atoms with van der Waals surface area (Å²) in [4.78, 5) is 2.27. The van der Waals surface area contributed by atoms with E-state index in [0.29, 0.717) is 24.3 Å². The van der Waals surface area contributed by atoms with E-state index in [1.54, 1.807) is 19.1 Å². The predicted octanol–water partition coefficient (Wildman–Crippen LogP) is 4.75. The molecule has 2 aliphatic rings. The smallest absolute Gasteiger partial charge is 0.392 e. The fourth-order valence-corrected chi connectivity index (χ4v) is 4.03. The highest BCUT2D eigenvalue weighted by Gasteiger charge is 2.34. The van der Waals surface area contributed by atoms with Gasteiger partial charge in [-0.3, -0.25) is 4.90 Å². The second-order valence-electron chi connectivity index (χ2n) is 7.21. The molecule has 1 unspecified atom stereocenters. The van der Waals surface area contributed by atoms with E-state index < -0.39 is 12.6 Å². The van der Waals surface area contributed by atoms with Gasteiger partial charge in [0.1, 0.15) is 0 Å². The lowest BCUT2D eigenvalue weighted by atomic mass is 9.83. The minimum absolute atomic E-state index is 0.0636. The van der Waals surface area contributed by atoms with Crippen LogP contribution >= 0.6 is 0 Å². The molecule has 2 heterocycles. The molecule has 0 spiro atoms. The van der Waals surface area contributed by atoms with Gasteiger partial charge >= 0.3 is 6.18 Å². The summed E-state index contributed by atoms with van der Waals surface area (Å²) in [5.74, 6) is 0.618. The Morgan fingerprint density at radius 3 is 2.77 bits per heavy atom. The summed E-state index contributed by atoms with van der Waals surface area (Å²) in [6.07, 6.45) is -1.81. The minimum Gasteiger partial charge on any atom is -0.504 e. The Labute approximate surface area is 151 Å². The Hall–Kier alpha value is -1.95. The predicted molar refractivity (Wildman–Crippen MR) is 94.3 cm³/mol. The molecular formula is C20H24F3NO2. The summed E-state index contributed by atoms with van der Waals surface area (Å²) in [5.41, 5.74) is 4.54. The molecule has 0 saturated carbocycles. The standard InChI is InChI=1S/C20H24F3NO2/c1-12(10-20(21,22)23)8-15-13(2)6-7-24-11-16-14(9-17(15)24)4-5-18(25)19(16)26-3/h4-5,8,17,25H,6-7,9-11H2,1-3H3/b12-8+. The van der Waals surface area contributed by atoms with Crippen LogP contribution < -0.4 is 4.74 Å². The van der Waals surface area contributed by atoms with Crippen molar-refractivity contribution in [2.75, 3.05) is 13.7 Å². The third kappa shape index (κ3) is 3.75. The van der Waals surface area contributed by atoms with Crippen LogP contribution in [0.1, 0.15) is 37.8 Å². The lowest BCUT2D eigenvalue weighted by Gasteiger charge is -2.42. The summed E-state index contributed by atoms with van der Waals surface area (Å²) in [5, 5.41) is 10.0. The fraction of sp³-hybridized carbons (Fsp3) is 0.500. The highest BCUT2D eigenvalue weighted by molar-refractivity contribution is 5.52. The molecular weight excluding hydrogens is 343 g/mol. The van der Waals surface area contributed by atoms with Crippen molar-refractivity contribution in [3.63, 3.8) is 0 Å². The molecule has 1 aromatic carbocycles. The van der Waals surface area contributed by atoms with Crippen molar-refractivity contribution in [1.82, 2.24) is 4.90 Å². The van der Waals surface area contributed by atoms with Gasteiger partial charge < -0.3 is 9.84 Å². The van der Waals surface area contributed by atoms with Crippen LogP contribution in [0.3, 0.4) is 0 Å². The van der Waals surface area contributed by atoms with Gasteiger partial charge in [0.05, 0.1) is 13.5 Å². The van der Waals surface area contributed by atoms with E-state index in [2.05, 4.69) is 4.90 Å². The number of nitrogens with zero attached hydrogens (tertiary/aromatic N) is 1. The maximum absolute atomic E-state index is 12.7. The molecule has 1 atom stereocenters. The Morgan fingerprint density at radius 2 is 2.12 bits per heavy atom. The van der Waals surface area contributed by atoms with Crippen molar-refractivity contribution in [2.45, 2.75) is 51.9 Å². The zero-order valence-electron chi connectivity index (χ0n) is 15.3. The third-order valence-electron chi connectivity index (χ3n) is 5.26. The van der Waals surface area contributed by atoms with Crippen LogP contribution in [0, 0.1) is 0 Å². The van der Waals surface area contributed by atoms with E-state index in [-0.39, 0.29) is 11.8 Å². The first-order valence-corrected chi connectivity index (χ1v) is 8.75. The number of phenolic OH excluding ortho intramolecular Hbond substituents is 1. The van der Waals surface area contributed by atoms with Crippen LogP contribution in [-0.4, -0.2) is 35.9 Å². The first-order chi connectivity index (χ1) is 12.2. The number of alkyl halides is 3. The molecule has 6 heteroatoms. The van der Waals surface area contributed by atoms with Crippen molar-refractivity contribution in [3.8, 4) is 11.5 Å². The molecule has 3 nitrogen and oxygen atoms in total. The summed E-state index contributed by atoms with van der Waals surface area (Å²) < 4.78 is 43.5. The van der Waals surface area contributed by atoms with Crippen LogP contribution in [0.2, 0.25) is 0 Å². The maximum Gasteiger partial charge on any atom is 0.392 e. The lowest BCUT2D eigenvalue weighted by Crippen LogP contribution is -2.44. The van der Waals surface area contributed by atoms with E-state index >= 15 is 0 Å². The van der Waals surface area contributed by atoms with Gasteiger partial charge in [0.25, 0.3) is 0 Å². The first kappa shape index (κ1) is 18.8. The number of hydrogen-bond donors (Lipinski definition) is 1. The Bertz CT molecular complexity index is 765. The number of halogens is 3. The van der Waals surface area contributed by atoms with E-state index in [1.165, 1.54) is 7.11 Å². The summed E-state index contributed by atoms with van der Waals surface area (Å²) >= 11 is 0. The SMILES string of the molecule is COc1c(O)ccc2c1CN1CCC(C)=C(/C=C(\C)CC(F)(F)F)C1C2. The van der Waals surface area contributed by atoms with Crippen LogP contribution in [0.15, 0.2) is 34.9 Å². The van der Waals surface area contributed by atoms with Crippen LogP contribution in [0.4, 0.5) is 13.2 Å². The zero-order valence-corrected chi connectivity index (χ0v) is 15.3. The molecule has 0 amide bonds. The van der Waals surface area contributed by atoms with Gasteiger partial charge in [0.15, 0.2) is 11.5 Å². The third-order valence-corrected chi connectivity index (χ3v) is 5.26. The number of rotatable bonds is 3. The van der Waals surface area contributed by atoms with Gasteiger partial charge in [0.2, 0.25) is 0 Å². The second kappa shape index (κ2) is 6.99. The summed E-state index contributed by atoms with van der Waals surface area (Å²) in [6, 6.07) is 3.57. The van der Waals surface area contributed by atoms with Crippen molar-refractivity contribution >= 4 is 0 Å². The second-order valence-corrected chi connectivity index (χ2v) is 7.21. The topological polar surface area (TPSA) is 32.7 Å². The maximum atomic E-state index is 12.7. The normalized spacial score (nSPS) is 21.5. The molecule has 1 N–H and O–H groups in total. The van der Waals surface area contributed by atoms with Gasteiger partial charge in [-0.1, -0.05) is 23.3 Å². The fourth-order valence-electron chi connectivity index (χ4n) is 4.03. The van der Waals surface area contributed by atoms with E-state index in [1.807, 2.05) is 13.0 Å². The molecule has 2 aliphatic heterocycles. The number of benzene rings is 1. The lowest BCUT2D eigenvalue weighted by molar-refractivity contribution is -0.127. The molecule has 142 valence electrons. The van der Waals surface area contributed by atoms with Crippen molar-refractivity contribution < 1.29 is 23.0 Å². The number of allylic oxidation sites excluding steroid dienone is 1. The van der Waals surface area contributed by atoms with Gasteiger partial charge in [-0.15, -0.1) is 0 Å². The van der Waals surface area contributed by atoms with Gasteiger partial charge in [-0.25, -0.2) is 0 Å². The highest BCUT2D eigenvalue weighted by Crippen LogP contribution is 2.41. The minimum atomic E-state index is -4.19. The largest absolute Gasteiger partial charge is 0.504 e. The molecule has 0 aromatic heterocycles. The number of fused-ring (bicyclic) bond motifs is 2. The quantitative estimate of drug-likeness (QED) is 0.837. The molecule has 0 aliphatic carbocycles. The molecule has 3 rings (SSSR count).